The topological polar surface area (TPSA) is 27.6 Å². The smallest absolute Gasteiger partial charge is 0.0767 e. The highest BCUT2D eigenvalue weighted by atomic mass is 32.1. The first-order chi connectivity index (χ1) is 9.10. The Labute approximate surface area is 120 Å². The van der Waals surface area contributed by atoms with Crippen molar-refractivity contribution in [3.05, 3.63) is 42.1 Å². The number of anilines is 1. The Kier molecular flexibility index (Phi) is 4.32. The van der Waals surface area contributed by atoms with Crippen LogP contribution in [0.1, 0.15) is 6.42 Å². The van der Waals surface area contributed by atoms with Crippen LogP contribution in [0.15, 0.2) is 52.0 Å². The molecule has 100 valence electrons. The van der Waals surface area contributed by atoms with Crippen molar-refractivity contribution in [2.45, 2.75) is 11.3 Å². The average Bonchev–Trinajstić information content (AvgIpc) is 2.41. The highest BCUT2D eigenvalue weighted by Crippen LogP contribution is 2.28. The van der Waals surface area contributed by atoms with Gasteiger partial charge in [-0.05, 0) is 30.4 Å². The van der Waals surface area contributed by atoms with Gasteiger partial charge >= 0.3 is 0 Å². The van der Waals surface area contributed by atoms with Crippen LogP contribution in [-0.2, 0) is 0 Å². The SMILES string of the molecule is CNC1=CCC(=Nc2ccc(N(C)C)cc2S)C=C1. The number of hydrogen-bond donors (Lipinski definition) is 2. The number of rotatable bonds is 3. The van der Waals surface area contributed by atoms with E-state index in [1.807, 2.05) is 45.4 Å². The molecule has 1 aromatic rings. The molecule has 0 fully saturated rings. The Morgan fingerprint density at radius 2 is 2.05 bits per heavy atom. The minimum Gasteiger partial charge on any atom is -0.388 e. The van der Waals surface area contributed by atoms with Gasteiger partial charge in [0.25, 0.3) is 0 Å². The van der Waals surface area contributed by atoms with Gasteiger partial charge in [0.1, 0.15) is 0 Å². The predicted octanol–water partition coefficient (Wildman–Crippen LogP) is 3.18. The third-order valence-corrected chi connectivity index (χ3v) is 3.37. The summed E-state index contributed by atoms with van der Waals surface area (Å²) in [5.41, 5.74) is 4.22. The van der Waals surface area contributed by atoms with E-state index in [9.17, 15) is 0 Å². The van der Waals surface area contributed by atoms with Crippen molar-refractivity contribution >= 4 is 29.7 Å². The molecule has 0 spiro atoms. The molecule has 1 aliphatic carbocycles. The second-order valence-electron chi connectivity index (χ2n) is 4.62. The number of hydrogen-bond acceptors (Lipinski definition) is 4. The summed E-state index contributed by atoms with van der Waals surface area (Å²) in [6, 6.07) is 6.10. The van der Waals surface area contributed by atoms with E-state index in [1.54, 1.807) is 0 Å². The maximum absolute atomic E-state index is 4.65. The number of likely N-dealkylation sites (N-methyl/N-ethyl adjacent to an activating group) is 1. The van der Waals surface area contributed by atoms with E-state index in [1.165, 1.54) is 0 Å². The summed E-state index contributed by atoms with van der Waals surface area (Å²) in [4.78, 5) is 7.60. The molecule has 0 heterocycles. The van der Waals surface area contributed by atoms with E-state index in [0.717, 1.165) is 34.1 Å². The fraction of sp³-hybridized carbons (Fsp3) is 0.267. The van der Waals surface area contributed by atoms with Crippen molar-refractivity contribution in [1.82, 2.24) is 5.32 Å². The van der Waals surface area contributed by atoms with Crippen LogP contribution in [0.25, 0.3) is 0 Å². The maximum atomic E-state index is 4.65. The Morgan fingerprint density at radius 1 is 1.26 bits per heavy atom. The number of nitrogens with one attached hydrogen (secondary N) is 1. The molecule has 4 heteroatoms. The third-order valence-electron chi connectivity index (χ3n) is 3.01. The summed E-state index contributed by atoms with van der Waals surface area (Å²) in [7, 11) is 5.95. The number of allylic oxidation sites excluding steroid dienone is 3. The molecule has 0 saturated carbocycles. The molecule has 0 saturated heterocycles. The van der Waals surface area contributed by atoms with Gasteiger partial charge in [-0.3, -0.25) is 4.99 Å². The third kappa shape index (κ3) is 3.41. The summed E-state index contributed by atoms with van der Waals surface area (Å²) in [5.74, 6) is 0. The van der Waals surface area contributed by atoms with E-state index in [4.69, 9.17) is 0 Å². The fourth-order valence-electron chi connectivity index (χ4n) is 1.84. The zero-order valence-electron chi connectivity index (χ0n) is 11.5. The normalized spacial score (nSPS) is 16.4. The highest BCUT2D eigenvalue weighted by molar-refractivity contribution is 7.80. The molecule has 0 unspecified atom stereocenters. The van der Waals surface area contributed by atoms with Gasteiger partial charge in [-0.1, -0.05) is 6.08 Å². The van der Waals surface area contributed by atoms with E-state index < -0.39 is 0 Å². The average molecular weight is 273 g/mol. The molecule has 0 radical (unpaired) electrons. The monoisotopic (exact) mass is 273 g/mol. The molecule has 0 bridgehead atoms. The van der Waals surface area contributed by atoms with Gasteiger partial charge in [-0.15, -0.1) is 12.6 Å². The van der Waals surface area contributed by atoms with Crippen LogP contribution in [0.4, 0.5) is 11.4 Å². The molecule has 1 aliphatic rings. The Bertz CT molecular complexity index is 557. The molecule has 0 aliphatic heterocycles. The summed E-state index contributed by atoms with van der Waals surface area (Å²) < 4.78 is 0. The molecule has 0 amide bonds. The Hall–Kier alpha value is -1.68. The molecule has 3 nitrogen and oxygen atoms in total. The second-order valence-corrected chi connectivity index (χ2v) is 5.10. The Balaban J connectivity index is 2.21. The van der Waals surface area contributed by atoms with E-state index in [0.29, 0.717) is 0 Å². The lowest BCUT2D eigenvalue weighted by Crippen LogP contribution is -2.08. The summed E-state index contributed by atoms with van der Waals surface area (Å²) in [6.07, 6.45) is 7.05. The zero-order valence-corrected chi connectivity index (χ0v) is 12.4. The van der Waals surface area contributed by atoms with Gasteiger partial charge in [-0.25, -0.2) is 0 Å². The summed E-state index contributed by atoms with van der Waals surface area (Å²) >= 11 is 4.51. The van der Waals surface area contributed by atoms with Crippen molar-refractivity contribution < 1.29 is 0 Å². The van der Waals surface area contributed by atoms with Crippen LogP contribution in [0, 0.1) is 0 Å². The van der Waals surface area contributed by atoms with Crippen molar-refractivity contribution in [2.24, 2.45) is 4.99 Å². The molecule has 19 heavy (non-hydrogen) atoms. The van der Waals surface area contributed by atoms with Crippen molar-refractivity contribution in [3.63, 3.8) is 0 Å². The molecule has 0 aromatic heterocycles. The number of nitrogens with zero attached hydrogens (tertiary/aromatic N) is 2. The fourth-order valence-corrected chi connectivity index (χ4v) is 2.10. The van der Waals surface area contributed by atoms with Gasteiger partial charge in [0.2, 0.25) is 0 Å². The van der Waals surface area contributed by atoms with Crippen molar-refractivity contribution in [2.75, 3.05) is 26.0 Å². The lowest BCUT2D eigenvalue weighted by atomic mass is 10.1. The first-order valence-electron chi connectivity index (χ1n) is 6.24. The van der Waals surface area contributed by atoms with Crippen LogP contribution >= 0.6 is 12.6 Å². The largest absolute Gasteiger partial charge is 0.388 e. The number of benzene rings is 1. The van der Waals surface area contributed by atoms with Crippen LogP contribution in [0.3, 0.4) is 0 Å². The molecule has 1 N–H and O–H groups in total. The van der Waals surface area contributed by atoms with Gasteiger partial charge < -0.3 is 10.2 Å². The highest BCUT2D eigenvalue weighted by Gasteiger charge is 2.04. The predicted molar refractivity (Wildman–Crippen MR) is 86.0 cm³/mol. The molecular weight excluding hydrogens is 254 g/mol. The standard InChI is InChI=1S/C15H19N3S/c1-16-11-4-6-12(7-5-11)17-14-9-8-13(18(2)3)10-15(14)19/h4-6,8-10,16,19H,7H2,1-3H3. The summed E-state index contributed by atoms with van der Waals surface area (Å²) in [5, 5.41) is 3.12. The Morgan fingerprint density at radius 3 is 2.58 bits per heavy atom. The zero-order chi connectivity index (χ0) is 13.8. The lowest BCUT2D eigenvalue weighted by molar-refractivity contribution is 1.02. The van der Waals surface area contributed by atoms with Gasteiger partial charge in [0.15, 0.2) is 0 Å². The second kappa shape index (κ2) is 5.97. The van der Waals surface area contributed by atoms with E-state index in [-0.39, 0.29) is 0 Å². The van der Waals surface area contributed by atoms with E-state index >= 15 is 0 Å². The quantitative estimate of drug-likeness (QED) is 0.828. The molecule has 1 aromatic carbocycles. The van der Waals surface area contributed by atoms with Crippen LogP contribution in [0.5, 0.6) is 0 Å². The number of thiol groups is 1. The van der Waals surface area contributed by atoms with Crippen molar-refractivity contribution in [3.8, 4) is 0 Å². The molecule has 2 rings (SSSR count). The summed E-state index contributed by atoms with van der Waals surface area (Å²) in [6.45, 7) is 0. The first-order valence-corrected chi connectivity index (χ1v) is 6.69. The maximum Gasteiger partial charge on any atom is 0.0767 e. The minimum atomic E-state index is 0.843. The van der Waals surface area contributed by atoms with Crippen LogP contribution < -0.4 is 10.2 Å². The first kappa shape index (κ1) is 13.7. The van der Waals surface area contributed by atoms with Gasteiger partial charge in [0, 0.05) is 49.6 Å². The van der Waals surface area contributed by atoms with E-state index in [2.05, 4.69) is 40.0 Å². The van der Waals surface area contributed by atoms with Crippen molar-refractivity contribution in [1.29, 1.82) is 0 Å². The van der Waals surface area contributed by atoms with Gasteiger partial charge in [0.05, 0.1) is 5.69 Å². The van der Waals surface area contributed by atoms with Crippen LogP contribution in [0.2, 0.25) is 0 Å². The molecular formula is C15H19N3S. The van der Waals surface area contributed by atoms with Crippen LogP contribution in [-0.4, -0.2) is 26.9 Å². The minimum absolute atomic E-state index is 0.843. The lowest BCUT2D eigenvalue weighted by Gasteiger charge is -2.14. The van der Waals surface area contributed by atoms with Gasteiger partial charge in [-0.2, -0.15) is 0 Å². The molecule has 0 atom stereocenters. The number of aliphatic imine (C=N–C) groups is 1.